The first-order chi connectivity index (χ1) is 14.3. The third kappa shape index (κ3) is 3.29. The van der Waals surface area contributed by atoms with Crippen molar-refractivity contribution in [2.45, 2.75) is 32.0 Å². The van der Waals surface area contributed by atoms with E-state index in [-0.39, 0.29) is 18.4 Å². The molecule has 0 spiro atoms. The second kappa shape index (κ2) is 7.47. The number of nitrogens with one attached hydrogen (secondary N) is 1. The Labute approximate surface area is 171 Å². The Bertz CT molecular complexity index is 995. The molecule has 4 rings (SSSR count). The lowest BCUT2D eigenvalue weighted by Crippen LogP contribution is -2.40. The molecule has 2 atom stereocenters. The summed E-state index contributed by atoms with van der Waals surface area (Å²) in [7, 11) is 1.76. The highest BCUT2D eigenvalue weighted by molar-refractivity contribution is 5.91. The van der Waals surface area contributed by atoms with E-state index in [1.807, 2.05) is 10.6 Å². The Hall–Kier alpha value is -3.37. The molecule has 1 amide bonds. The quantitative estimate of drug-likeness (QED) is 0.761. The fraction of sp³-hybridized carbons (Fsp3) is 0.421. The molecule has 1 fully saturated rings. The zero-order valence-corrected chi connectivity index (χ0v) is 16.5. The van der Waals surface area contributed by atoms with Crippen molar-refractivity contribution in [3.63, 3.8) is 0 Å². The third-order valence-corrected chi connectivity index (χ3v) is 5.44. The Morgan fingerprint density at radius 3 is 2.87 bits per heavy atom. The molecule has 0 saturated carbocycles. The lowest BCUT2D eigenvalue weighted by atomic mass is 10.1. The number of amides is 1. The van der Waals surface area contributed by atoms with Gasteiger partial charge in [0.15, 0.2) is 5.82 Å². The van der Waals surface area contributed by atoms with Gasteiger partial charge in [-0.15, -0.1) is 0 Å². The monoisotopic (exact) mass is 420 g/mol. The minimum Gasteiger partial charge on any atom is -0.491 e. The summed E-state index contributed by atoms with van der Waals surface area (Å²) in [5.41, 5.74) is 6.82. The second-order valence-corrected chi connectivity index (χ2v) is 7.22. The first kappa shape index (κ1) is 19.9. The van der Waals surface area contributed by atoms with Crippen molar-refractivity contribution in [1.82, 2.24) is 9.55 Å². The molecule has 0 radical (unpaired) electrons. The van der Waals surface area contributed by atoms with E-state index >= 15 is 0 Å². The molecule has 2 aliphatic rings. The third-order valence-electron chi connectivity index (χ3n) is 5.44. The number of benzene rings is 1. The number of aromatic nitrogens is 2. The number of ether oxygens (including phenoxy) is 2. The number of hydrogen-bond donors (Lipinski definition) is 2. The van der Waals surface area contributed by atoms with Crippen molar-refractivity contribution >= 4 is 23.4 Å². The van der Waals surface area contributed by atoms with Crippen molar-refractivity contribution in [2.75, 3.05) is 30.1 Å². The summed E-state index contributed by atoms with van der Waals surface area (Å²) >= 11 is 0. The van der Waals surface area contributed by atoms with Crippen molar-refractivity contribution in [1.29, 1.82) is 5.41 Å². The van der Waals surface area contributed by atoms with E-state index in [9.17, 15) is 13.6 Å². The second-order valence-electron chi connectivity index (χ2n) is 7.22. The van der Waals surface area contributed by atoms with Crippen LogP contribution in [0.3, 0.4) is 0 Å². The molecular weight excluding hydrogens is 398 g/mol. The summed E-state index contributed by atoms with van der Waals surface area (Å²) in [4.78, 5) is 18.9. The first-order valence-corrected chi connectivity index (χ1v) is 9.43. The minimum absolute atomic E-state index is 0.231. The van der Waals surface area contributed by atoms with E-state index in [2.05, 4.69) is 4.98 Å². The van der Waals surface area contributed by atoms with Crippen LogP contribution in [0.4, 0.5) is 20.3 Å². The Morgan fingerprint density at radius 2 is 2.17 bits per heavy atom. The van der Waals surface area contributed by atoms with Crippen LogP contribution in [0.1, 0.15) is 6.92 Å². The highest BCUT2D eigenvalue weighted by Crippen LogP contribution is 2.37. The van der Waals surface area contributed by atoms with Gasteiger partial charge in [-0.3, -0.25) is 15.1 Å². The SMILES string of the molecule is C[C@@H](C(N)=O)N(C)c1ccc2c(c1)OCCn1cc(N3C(=N)OC[C@H]3C(F)F)nc1-2. The molecule has 3 heterocycles. The van der Waals surface area contributed by atoms with Crippen molar-refractivity contribution in [3.8, 4) is 17.1 Å². The molecule has 11 heteroatoms. The van der Waals surface area contributed by atoms with Crippen LogP contribution < -0.4 is 20.3 Å². The summed E-state index contributed by atoms with van der Waals surface area (Å²) in [6, 6.07) is 3.31. The van der Waals surface area contributed by atoms with E-state index in [1.54, 1.807) is 37.2 Å². The summed E-state index contributed by atoms with van der Waals surface area (Å²) in [5.74, 6) is 0.888. The van der Waals surface area contributed by atoms with Gasteiger partial charge in [0.2, 0.25) is 5.91 Å². The molecule has 1 aromatic carbocycles. The first-order valence-electron chi connectivity index (χ1n) is 9.43. The summed E-state index contributed by atoms with van der Waals surface area (Å²) < 4.78 is 39.4. The lowest BCUT2D eigenvalue weighted by molar-refractivity contribution is -0.118. The highest BCUT2D eigenvalue weighted by atomic mass is 19.3. The average Bonchev–Trinajstić information content (AvgIpc) is 3.25. The predicted molar refractivity (Wildman–Crippen MR) is 106 cm³/mol. The van der Waals surface area contributed by atoms with Crippen molar-refractivity contribution < 1.29 is 23.0 Å². The predicted octanol–water partition coefficient (Wildman–Crippen LogP) is 1.66. The van der Waals surface area contributed by atoms with Crippen molar-refractivity contribution in [3.05, 3.63) is 24.4 Å². The molecule has 160 valence electrons. The zero-order valence-electron chi connectivity index (χ0n) is 16.5. The number of likely N-dealkylation sites (N-methyl/N-ethyl adjacent to an activating group) is 1. The lowest BCUT2D eigenvalue weighted by Gasteiger charge is -2.25. The van der Waals surface area contributed by atoms with Gasteiger partial charge in [0.05, 0.1) is 12.1 Å². The number of primary amides is 1. The van der Waals surface area contributed by atoms with E-state index in [4.69, 9.17) is 20.6 Å². The van der Waals surface area contributed by atoms with Gasteiger partial charge in [-0.05, 0) is 19.1 Å². The molecule has 0 aliphatic carbocycles. The summed E-state index contributed by atoms with van der Waals surface area (Å²) in [6.07, 6.45) is -1.04. The topological polar surface area (TPSA) is 110 Å². The highest BCUT2D eigenvalue weighted by Gasteiger charge is 2.40. The van der Waals surface area contributed by atoms with Crippen molar-refractivity contribution in [2.24, 2.45) is 5.73 Å². The van der Waals surface area contributed by atoms with Crippen LogP contribution in [0, 0.1) is 5.41 Å². The number of fused-ring (bicyclic) bond motifs is 3. The van der Waals surface area contributed by atoms with E-state index in [0.717, 1.165) is 10.6 Å². The van der Waals surface area contributed by atoms with Crippen LogP contribution in [0.2, 0.25) is 0 Å². The smallest absolute Gasteiger partial charge is 0.290 e. The van der Waals surface area contributed by atoms with Crippen LogP contribution in [0.5, 0.6) is 5.75 Å². The average molecular weight is 420 g/mol. The number of nitrogens with two attached hydrogens (primary N) is 1. The molecule has 9 nitrogen and oxygen atoms in total. The zero-order chi connectivity index (χ0) is 21.6. The molecule has 2 aliphatic heterocycles. The molecule has 1 aromatic heterocycles. The number of imidazole rings is 1. The minimum atomic E-state index is -2.67. The fourth-order valence-corrected chi connectivity index (χ4v) is 3.52. The van der Waals surface area contributed by atoms with Gasteiger partial charge in [0.25, 0.3) is 12.4 Å². The largest absolute Gasteiger partial charge is 0.491 e. The standard InChI is InChI=1S/C19H22F2N6O3/c1-10(17(22)28)25(2)11-3-4-12-14(7-11)29-6-5-26-8-15(24-18(12)26)27-13(16(20)21)9-30-19(27)23/h3-4,7-8,10,13,16,23H,5-6,9H2,1-2H3,(H2,22,28)/t10-,13-/m0/s1. The maximum Gasteiger partial charge on any atom is 0.290 e. The Kier molecular flexibility index (Phi) is 4.96. The van der Waals surface area contributed by atoms with Crippen LogP contribution in [-0.4, -0.2) is 60.3 Å². The molecular formula is C19H22F2N6O3. The maximum atomic E-state index is 13.4. The number of anilines is 2. The van der Waals surface area contributed by atoms with Gasteiger partial charge in [0.1, 0.15) is 36.9 Å². The van der Waals surface area contributed by atoms with Crippen LogP contribution >= 0.6 is 0 Å². The van der Waals surface area contributed by atoms with E-state index in [1.165, 1.54) is 0 Å². The number of carbonyl (C=O) groups excluding carboxylic acids is 1. The molecule has 0 unspecified atom stereocenters. The van der Waals surface area contributed by atoms with Gasteiger partial charge in [-0.25, -0.2) is 13.8 Å². The van der Waals surface area contributed by atoms with Crippen LogP contribution in [0.15, 0.2) is 24.4 Å². The summed E-state index contributed by atoms with van der Waals surface area (Å²) in [6.45, 7) is 2.26. The van der Waals surface area contributed by atoms with E-state index in [0.29, 0.717) is 30.3 Å². The van der Waals surface area contributed by atoms with Gasteiger partial charge < -0.3 is 24.7 Å². The molecule has 2 aromatic rings. The van der Waals surface area contributed by atoms with Crippen LogP contribution in [-0.2, 0) is 16.1 Å². The molecule has 0 bridgehead atoms. The number of rotatable bonds is 5. The number of nitrogens with zero attached hydrogens (tertiary/aromatic N) is 4. The molecule has 3 N–H and O–H groups in total. The van der Waals surface area contributed by atoms with Gasteiger partial charge in [0, 0.05) is 25.0 Å². The maximum absolute atomic E-state index is 13.4. The Balaban J connectivity index is 1.71. The van der Waals surface area contributed by atoms with Gasteiger partial charge >= 0.3 is 0 Å². The van der Waals surface area contributed by atoms with Crippen LogP contribution in [0.25, 0.3) is 11.4 Å². The summed E-state index contributed by atoms with van der Waals surface area (Å²) in [5, 5.41) is 7.87. The Morgan fingerprint density at radius 1 is 1.40 bits per heavy atom. The number of carbonyl (C=O) groups is 1. The number of amidine groups is 1. The van der Waals surface area contributed by atoms with Gasteiger partial charge in [-0.1, -0.05) is 0 Å². The number of halogens is 2. The normalized spacial score (nSPS) is 18.9. The number of hydrogen-bond acceptors (Lipinski definition) is 6. The fourth-order valence-electron chi connectivity index (χ4n) is 3.52. The number of alkyl halides is 2. The van der Waals surface area contributed by atoms with Gasteiger partial charge in [-0.2, -0.15) is 0 Å². The molecule has 1 saturated heterocycles. The molecule has 30 heavy (non-hydrogen) atoms. The van der Waals surface area contributed by atoms with E-state index < -0.39 is 24.4 Å².